The summed E-state index contributed by atoms with van der Waals surface area (Å²) in [5.74, 6) is -3.48. The molecule has 0 aliphatic heterocycles. The van der Waals surface area contributed by atoms with Crippen LogP contribution in [0.5, 0.6) is 0 Å². The Bertz CT molecular complexity index is 962. The summed E-state index contributed by atoms with van der Waals surface area (Å²) >= 11 is 5.98. The van der Waals surface area contributed by atoms with Gasteiger partial charge in [0.2, 0.25) is 6.79 Å². The maximum atomic E-state index is 12.8. The van der Waals surface area contributed by atoms with E-state index in [1.54, 1.807) is 38.1 Å². The fourth-order valence-corrected chi connectivity index (χ4v) is 3.42. The van der Waals surface area contributed by atoms with E-state index in [-0.39, 0.29) is 32.8 Å². The first kappa shape index (κ1) is 29.1. The molecule has 1 amide bonds. The van der Waals surface area contributed by atoms with Gasteiger partial charge in [-0.05, 0) is 43.5 Å². The zero-order valence-corrected chi connectivity index (χ0v) is 21.4. The highest BCUT2D eigenvalue weighted by molar-refractivity contribution is 6.30. The molecule has 1 atom stereocenters. The minimum atomic E-state index is -1.59. The average molecular weight is 522 g/mol. The zero-order valence-electron chi connectivity index (χ0n) is 20.7. The number of alkyl carbamates (subject to hydrolysis) is 1. The molecule has 1 unspecified atom stereocenters. The summed E-state index contributed by atoms with van der Waals surface area (Å²) in [6.45, 7) is 4.93. The fourth-order valence-electron chi connectivity index (χ4n) is 3.29. The minimum absolute atomic E-state index is 0.107. The first-order valence-electron chi connectivity index (χ1n) is 11.6. The van der Waals surface area contributed by atoms with E-state index in [0.29, 0.717) is 10.6 Å². The van der Waals surface area contributed by atoms with Crippen LogP contribution >= 0.6 is 11.6 Å². The number of benzene rings is 2. The van der Waals surface area contributed by atoms with Crippen molar-refractivity contribution in [1.29, 1.82) is 0 Å². The number of amides is 1. The lowest BCUT2D eigenvalue weighted by Crippen LogP contribution is -2.43. The van der Waals surface area contributed by atoms with Crippen molar-refractivity contribution in [2.75, 3.05) is 26.6 Å². The molecule has 1 N–H and O–H groups in total. The SMILES string of the molecule is CCOC(C)(OCC)C(=O)OCOC(=O)NCCC(C(=O)OCc1ccccc1)c1ccc(Cl)cc1. The van der Waals surface area contributed by atoms with Crippen molar-refractivity contribution in [1.82, 2.24) is 5.32 Å². The molecule has 0 saturated carbocycles. The molecule has 36 heavy (non-hydrogen) atoms. The number of halogens is 1. The van der Waals surface area contributed by atoms with Crippen molar-refractivity contribution < 1.29 is 38.1 Å². The monoisotopic (exact) mass is 521 g/mol. The third kappa shape index (κ3) is 9.49. The molecule has 2 aromatic carbocycles. The van der Waals surface area contributed by atoms with Crippen LogP contribution in [0.25, 0.3) is 0 Å². The Morgan fingerprint density at radius 3 is 2.17 bits per heavy atom. The molecule has 9 nitrogen and oxygen atoms in total. The number of carbonyl (C=O) groups excluding carboxylic acids is 3. The van der Waals surface area contributed by atoms with Crippen LogP contribution in [0.2, 0.25) is 5.02 Å². The van der Waals surface area contributed by atoms with E-state index >= 15 is 0 Å². The normalized spacial score (nSPS) is 11.9. The number of esters is 2. The number of hydrogen-bond donors (Lipinski definition) is 1. The molecule has 0 aromatic heterocycles. The molecule has 2 aromatic rings. The topological polar surface area (TPSA) is 109 Å². The first-order chi connectivity index (χ1) is 17.3. The van der Waals surface area contributed by atoms with Crippen molar-refractivity contribution in [3.8, 4) is 0 Å². The molecule has 10 heteroatoms. The standard InChI is InChI=1S/C26H32ClNO8/c1-4-35-26(3,36-5-2)24(30)33-18-34-25(31)28-16-15-22(20-11-13-21(27)14-12-20)23(29)32-17-19-9-7-6-8-10-19/h6-14,22H,4-5,15-18H2,1-3H3,(H,28,31). The fraction of sp³-hybridized carbons (Fsp3) is 0.423. The van der Waals surface area contributed by atoms with E-state index < -0.39 is 36.5 Å². The molecular weight excluding hydrogens is 490 g/mol. The van der Waals surface area contributed by atoms with Gasteiger partial charge in [-0.3, -0.25) is 4.79 Å². The Balaban J connectivity index is 1.86. The Hall–Kier alpha value is -3.14. The van der Waals surface area contributed by atoms with Crippen LogP contribution in [0, 0.1) is 0 Å². The van der Waals surface area contributed by atoms with Gasteiger partial charge in [-0.2, -0.15) is 0 Å². The largest absolute Gasteiger partial charge is 0.460 e. The number of nitrogens with one attached hydrogen (secondary N) is 1. The summed E-state index contributed by atoms with van der Waals surface area (Å²) < 4.78 is 25.9. The van der Waals surface area contributed by atoms with Crippen LogP contribution in [0.4, 0.5) is 4.79 Å². The molecule has 196 valence electrons. The van der Waals surface area contributed by atoms with Crippen molar-refractivity contribution >= 4 is 29.6 Å². The summed E-state index contributed by atoms with van der Waals surface area (Å²) in [5, 5.41) is 3.08. The van der Waals surface area contributed by atoms with E-state index in [9.17, 15) is 14.4 Å². The van der Waals surface area contributed by atoms with Crippen LogP contribution in [-0.2, 0) is 39.9 Å². The van der Waals surface area contributed by atoms with Gasteiger partial charge in [-0.25, -0.2) is 9.59 Å². The molecular formula is C26H32ClNO8. The molecule has 0 aliphatic carbocycles. The quantitative estimate of drug-likeness (QED) is 0.284. The Morgan fingerprint density at radius 2 is 1.56 bits per heavy atom. The second kappa shape index (κ2) is 15.1. The van der Waals surface area contributed by atoms with Gasteiger partial charge < -0.3 is 29.0 Å². The lowest BCUT2D eigenvalue weighted by Gasteiger charge is -2.26. The van der Waals surface area contributed by atoms with Crippen LogP contribution in [0.3, 0.4) is 0 Å². The Kier molecular flexibility index (Phi) is 12.2. The average Bonchev–Trinajstić information content (AvgIpc) is 2.87. The van der Waals surface area contributed by atoms with Crippen molar-refractivity contribution in [3.63, 3.8) is 0 Å². The lowest BCUT2D eigenvalue weighted by atomic mass is 9.96. The summed E-state index contributed by atoms with van der Waals surface area (Å²) in [6, 6.07) is 16.2. The van der Waals surface area contributed by atoms with Gasteiger partial charge in [0.1, 0.15) is 6.61 Å². The van der Waals surface area contributed by atoms with Crippen LogP contribution in [-0.4, -0.2) is 50.4 Å². The summed E-state index contributed by atoms with van der Waals surface area (Å²) in [5.41, 5.74) is 1.56. The Morgan fingerprint density at radius 1 is 0.917 bits per heavy atom. The highest BCUT2D eigenvalue weighted by Crippen LogP contribution is 2.23. The summed E-state index contributed by atoms with van der Waals surface area (Å²) in [6.07, 6.45) is -0.568. The molecule has 0 heterocycles. The van der Waals surface area contributed by atoms with Gasteiger partial charge in [-0.15, -0.1) is 0 Å². The smallest absolute Gasteiger partial charge is 0.410 e. The van der Waals surface area contributed by atoms with Crippen molar-refractivity contribution in [2.45, 2.75) is 45.5 Å². The first-order valence-corrected chi connectivity index (χ1v) is 12.0. The van der Waals surface area contributed by atoms with Crippen molar-refractivity contribution in [3.05, 3.63) is 70.7 Å². The molecule has 0 aliphatic rings. The van der Waals surface area contributed by atoms with Gasteiger partial charge in [-0.1, -0.05) is 54.1 Å². The number of ether oxygens (including phenoxy) is 5. The summed E-state index contributed by atoms with van der Waals surface area (Å²) in [7, 11) is 0. The van der Waals surface area contributed by atoms with Gasteiger partial charge in [0, 0.05) is 31.7 Å². The lowest BCUT2D eigenvalue weighted by molar-refractivity contribution is -0.242. The number of carbonyl (C=O) groups is 3. The Labute approximate surface area is 216 Å². The van der Waals surface area contributed by atoms with Gasteiger partial charge in [0.05, 0.1) is 5.92 Å². The molecule has 2 rings (SSSR count). The second-order valence-electron chi connectivity index (χ2n) is 7.71. The van der Waals surface area contributed by atoms with E-state index in [1.807, 2.05) is 30.3 Å². The predicted molar refractivity (Wildman–Crippen MR) is 132 cm³/mol. The van der Waals surface area contributed by atoms with Gasteiger partial charge >= 0.3 is 18.0 Å². The molecule has 0 radical (unpaired) electrons. The molecule has 0 saturated heterocycles. The number of hydrogen-bond acceptors (Lipinski definition) is 8. The third-order valence-corrected chi connectivity index (χ3v) is 5.33. The van der Waals surface area contributed by atoms with Crippen LogP contribution in [0.15, 0.2) is 54.6 Å². The van der Waals surface area contributed by atoms with E-state index in [0.717, 1.165) is 5.56 Å². The highest BCUT2D eigenvalue weighted by atomic mass is 35.5. The predicted octanol–water partition coefficient (Wildman–Crippen LogP) is 4.57. The van der Waals surface area contributed by atoms with Crippen LogP contribution < -0.4 is 5.32 Å². The maximum absolute atomic E-state index is 12.8. The van der Waals surface area contributed by atoms with E-state index in [2.05, 4.69) is 5.32 Å². The molecule has 0 fully saturated rings. The minimum Gasteiger partial charge on any atom is -0.460 e. The van der Waals surface area contributed by atoms with Gasteiger partial charge in [0.15, 0.2) is 0 Å². The van der Waals surface area contributed by atoms with E-state index in [4.69, 9.17) is 35.3 Å². The molecule has 0 spiro atoms. The van der Waals surface area contributed by atoms with Crippen LogP contribution in [0.1, 0.15) is 44.2 Å². The third-order valence-electron chi connectivity index (χ3n) is 5.07. The zero-order chi connectivity index (χ0) is 26.4. The van der Waals surface area contributed by atoms with Gasteiger partial charge in [0.25, 0.3) is 5.79 Å². The summed E-state index contributed by atoms with van der Waals surface area (Å²) in [4.78, 5) is 37.1. The maximum Gasteiger partial charge on any atom is 0.410 e. The number of rotatable bonds is 14. The highest BCUT2D eigenvalue weighted by Gasteiger charge is 2.37. The van der Waals surface area contributed by atoms with E-state index in [1.165, 1.54) is 6.92 Å². The molecule has 0 bridgehead atoms. The second-order valence-corrected chi connectivity index (χ2v) is 8.14. The van der Waals surface area contributed by atoms with Crippen molar-refractivity contribution in [2.24, 2.45) is 0 Å².